The van der Waals surface area contributed by atoms with Crippen LogP contribution in [0.25, 0.3) is 0 Å². The summed E-state index contributed by atoms with van der Waals surface area (Å²) in [5.74, 6) is 2.60. The first-order valence-electron chi connectivity index (χ1n) is 6.43. The number of hydrogen-bond acceptors (Lipinski definition) is 1. The minimum atomic E-state index is 0.703. The Kier molecular flexibility index (Phi) is 5.99. The summed E-state index contributed by atoms with van der Waals surface area (Å²) in [5, 5.41) is 0. The van der Waals surface area contributed by atoms with Crippen molar-refractivity contribution in [3.8, 4) is 0 Å². The van der Waals surface area contributed by atoms with E-state index in [1.165, 1.54) is 32.4 Å². The van der Waals surface area contributed by atoms with Crippen molar-refractivity contribution < 1.29 is 0 Å². The number of nitrogens with zero attached hydrogens (tertiary/aromatic N) is 1. The average molecular weight is 232 g/mol. The van der Waals surface area contributed by atoms with Gasteiger partial charge in [0.05, 0.1) is 0 Å². The first-order valence-corrected chi connectivity index (χ1v) is 6.97. The van der Waals surface area contributed by atoms with Crippen LogP contribution in [-0.2, 0) is 0 Å². The maximum Gasteiger partial charge on any atom is 0.0225 e. The van der Waals surface area contributed by atoms with Gasteiger partial charge in [0.25, 0.3) is 0 Å². The van der Waals surface area contributed by atoms with E-state index in [0.717, 1.165) is 24.1 Å². The van der Waals surface area contributed by atoms with E-state index in [4.69, 9.17) is 11.6 Å². The van der Waals surface area contributed by atoms with Crippen LogP contribution < -0.4 is 0 Å². The molecule has 1 saturated carbocycles. The molecule has 90 valence electrons. The summed E-state index contributed by atoms with van der Waals surface area (Å²) in [4.78, 5) is 2.64. The molecule has 1 unspecified atom stereocenters. The van der Waals surface area contributed by atoms with Crippen LogP contribution in [0.5, 0.6) is 0 Å². The molecule has 1 rings (SSSR count). The molecule has 0 spiro atoms. The quantitative estimate of drug-likeness (QED) is 0.575. The molecule has 0 heterocycles. The maximum atomic E-state index is 5.75. The Bertz CT molecular complexity index is 166. The van der Waals surface area contributed by atoms with E-state index in [0.29, 0.717) is 6.04 Å². The summed E-state index contributed by atoms with van der Waals surface area (Å²) in [6.07, 6.45) is 5.38. The SMILES string of the molecule is CC(CCCl)CCN(CC1CC1)C(C)C. The van der Waals surface area contributed by atoms with E-state index in [9.17, 15) is 0 Å². The summed E-state index contributed by atoms with van der Waals surface area (Å²) >= 11 is 5.75. The molecule has 1 aliphatic carbocycles. The van der Waals surface area contributed by atoms with Crippen LogP contribution in [0.1, 0.15) is 46.5 Å². The van der Waals surface area contributed by atoms with Crippen molar-refractivity contribution in [2.24, 2.45) is 11.8 Å². The maximum absolute atomic E-state index is 5.75. The first-order chi connectivity index (χ1) is 7.13. The van der Waals surface area contributed by atoms with Crippen LogP contribution in [-0.4, -0.2) is 29.9 Å². The predicted octanol–water partition coefficient (Wildman–Crippen LogP) is 3.76. The van der Waals surface area contributed by atoms with Crippen LogP contribution in [0, 0.1) is 11.8 Å². The van der Waals surface area contributed by atoms with E-state index in [2.05, 4.69) is 25.7 Å². The third-order valence-corrected chi connectivity index (χ3v) is 3.65. The molecular formula is C13H26ClN. The van der Waals surface area contributed by atoms with E-state index >= 15 is 0 Å². The molecule has 0 aliphatic heterocycles. The molecule has 1 fully saturated rings. The van der Waals surface area contributed by atoms with Crippen molar-refractivity contribution in [2.45, 2.75) is 52.5 Å². The minimum absolute atomic E-state index is 0.703. The van der Waals surface area contributed by atoms with E-state index in [-0.39, 0.29) is 0 Å². The normalized spacial score (nSPS) is 18.8. The Hall–Kier alpha value is 0.250. The molecule has 0 aromatic carbocycles. The molecule has 0 N–H and O–H groups in total. The van der Waals surface area contributed by atoms with Gasteiger partial charge in [0, 0.05) is 18.5 Å². The molecule has 0 bridgehead atoms. The first kappa shape index (κ1) is 13.3. The Morgan fingerprint density at radius 2 is 1.87 bits per heavy atom. The number of hydrogen-bond donors (Lipinski definition) is 0. The highest BCUT2D eigenvalue weighted by Crippen LogP contribution is 2.30. The van der Waals surface area contributed by atoms with Gasteiger partial charge in [0.2, 0.25) is 0 Å². The molecular weight excluding hydrogens is 206 g/mol. The van der Waals surface area contributed by atoms with Gasteiger partial charge in [-0.15, -0.1) is 11.6 Å². The second-order valence-corrected chi connectivity index (χ2v) is 5.78. The van der Waals surface area contributed by atoms with Crippen molar-refractivity contribution in [2.75, 3.05) is 19.0 Å². The average Bonchev–Trinajstić information content (AvgIpc) is 2.95. The minimum Gasteiger partial charge on any atom is -0.301 e. The highest BCUT2D eigenvalue weighted by Gasteiger charge is 2.25. The fourth-order valence-electron chi connectivity index (χ4n) is 1.91. The second-order valence-electron chi connectivity index (χ2n) is 5.40. The van der Waals surface area contributed by atoms with Gasteiger partial charge in [-0.1, -0.05) is 6.92 Å². The Labute approximate surface area is 100 Å². The highest BCUT2D eigenvalue weighted by molar-refractivity contribution is 6.17. The summed E-state index contributed by atoms with van der Waals surface area (Å²) < 4.78 is 0. The van der Waals surface area contributed by atoms with E-state index in [1.807, 2.05) is 0 Å². The zero-order valence-electron chi connectivity index (χ0n) is 10.5. The largest absolute Gasteiger partial charge is 0.301 e. The zero-order chi connectivity index (χ0) is 11.3. The van der Waals surface area contributed by atoms with Crippen molar-refractivity contribution in [1.29, 1.82) is 0 Å². The monoisotopic (exact) mass is 231 g/mol. The van der Waals surface area contributed by atoms with Gasteiger partial charge < -0.3 is 4.90 Å². The number of rotatable bonds is 8. The van der Waals surface area contributed by atoms with E-state index < -0.39 is 0 Å². The van der Waals surface area contributed by atoms with Gasteiger partial charge in [-0.25, -0.2) is 0 Å². The van der Waals surface area contributed by atoms with E-state index in [1.54, 1.807) is 0 Å². The van der Waals surface area contributed by atoms with Crippen LogP contribution in [0.2, 0.25) is 0 Å². The second kappa shape index (κ2) is 6.75. The van der Waals surface area contributed by atoms with Crippen molar-refractivity contribution in [3.63, 3.8) is 0 Å². The third kappa shape index (κ3) is 5.77. The fraction of sp³-hybridized carbons (Fsp3) is 1.00. The van der Waals surface area contributed by atoms with Crippen LogP contribution in [0.15, 0.2) is 0 Å². The van der Waals surface area contributed by atoms with Crippen LogP contribution in [0.4, 0.5) is 0 Å². The fourth-order valence-corrected chi connectivity index (χ4v) is 2.28. The number of alkyl halides is 1. The molecule has 1 nitrogen and oxygen atoms in total. The van der Waals surface area contributed by atoms with Crippen LogP contribution in [0.3, 0.4) is 0 Å². The van der Waals surface area contributed by atoms with Gasteiger partial charge in [-0.05, 0) is 57.9 Å². The Morgan fingerprint density at radius 1 is 1.20 bits per heavy atom. The van der Waals surface area contributed by atoms with Gasteiger partial charge in [0.1, 0.15) is 0 Å². The molecule has 0 amide bonds. The molecule has 0 aromatic heterocycles. The molecule has 1 aliphatic rings. The lowest BCUT2D eigenvalue weighted by Gasteiger charge is -2.27. The predicted molar refractivity (Wildman–Crippen MR) is 68.6 cm³/mol. The smallest absolute Gasteiger partial charge is 0.0225 e. The Morgan fingerprint density at radius 3 is 2.33 bits per heavy atom. The molecule has 0 radical (unpaired) electrons. The van der Waals surface area contributed by atoms with Gasteiger partial charge in [-0.3, -0.25) is 0 Å². The summed E-state index contributed by atoms with van der Waals surface area (Å²) in [6.45, 7) is 9.53. The molecule has 0 saturated heterocycles. The standard InChI is InChI=1S/C13H26ClN/c1-11(2)15(10-13-4-5-13)9-7-12(3)6-8-14/h11-13H,4-10H2,1-3H3. The molecule has 15 heavy (non-hydrogen) atoms. The third-order valence-electron chi connectivity index (χ3n) is 3.43. The summed E-state index contributed by atoms with van der Waals surface area (Å²) in [6, 6.07) is 0.703. The summed E-state index contributed by atoms with van der Waals surface area (Å²) in [7, 11) is 0. The summed E-state index contributed by atoms with van der Waals surface area (Å²) in [5.41, 5.74) is 0. The molecule has 1 atom stereocenters. The van der Waals surface area contributed by atoms with Gasteiger partial charge in [-0.2, -0.15) is 0 Å². The Balaban J connectivity index is 2.18. The lowest BCUT2D eigenvalue weighted by atomic mass is 10.0. The van der Waals surface area contributed by atoms with Gasteiger partial charge in [0.15, 0.2) is 0 Å². The lowest BCUT2D eigenvalue weighted by Crippen LogP contribution is -2.34. The topological polar surface area (TPSA) is 3.24 Å². The van der Waals surface area contributed by atoms with Crippen molar-refractivity contribution in [3.05, 3.63) is 0 Å². The molecule has 2 heteroatoms. The van der Waals surface area contributed by atoms with Crippen LogP contribution >= 0.6 is 11.6 Å². The lowest BCUT2D eigenvalue weighted by molar-refractivity contribution is 0.198. The highest BCUT2D eigenvalue weighted by atomic mass is 35.5. The number of halogens is 1. The molecule has 0 aromatic rings. The van der Waals surface area contributed by atoms with Crippen molar-refractivity contribution in [1.82, 2.24) is 4.90 Å². The van der Waals surface area contributed by atoms with Gasteiger partial charge >= 0.3 is 0 Å². The van der Waals surface area contributed by atoms with Crippen molar-refractivity contribution >= 4 is 11.6 Å². The zero-order valence-corrected chi connectivity index (χ0v) is 11.3.